The number of fused-ring (bicyclic) bond motifs is 1. The lowest BCUT2D eigenvalue weighted by Gasteiger charge is -2.32. The van der Waals surface area contributed by atoms with E-state index >= 15 is 0 Å². The lowest BCUT2D eigenvalue weighted by molar-refractivity contribution is -0.137. The average molecular weight is 455 g/mol. The number of rotatable bonds is 7. The van der Waals surface area contributed by atoms with Crippen LogP contribution in [-0.2, 0) is 16.0 Å². The lowest BCUT2D eigenvalue weighted by Crippen LogP contribution is -2.45. The van der Waals surface area contributed by atoms with E-state index in [-0.39, 0.29) is 18.9 Å². The first-order chi connectivity index (χ1) is 15.9. The molecule has 0 radical (unpaired) electrons. The second-order valence-corrected chi connectivity index (χ2v) is 8.33. The second-order valence-electron chi connectivity index (χ2n) is 8.33. The summed E-state index contributed by atoms with van der Waals surface area (Å²) < 4.78 is 13.6. The number of amides is 2. The number of carbonyl (C=O) groups is 3. The minimum Gasteiger partial charge on any atom is -0.481 e. The Hall–Kier alpha value is -3.46. The van der Waals surface area contributed by atoms with Crippen LogP contribution in [0.1, 0.15) is 33.9 Å². The standard InChI is InChI=1S/C24H27FN4O4/c25-18-3-1-2-17(12-18)21(14-23(31)32)27-22(30)15-29-9-6-16-4-5-19(13-20(16)24(29)33)28-10-7-26-8-11-28/h1-5,12-13,21,26H,6-11,14-15H2,(H,27,30)(H,31,32). The summed E-state index contributed by atoms with van der Waals surface area (Å²) in [5.41, 5.74) is 2.90. The van der Waals surface area contributed by atoms with E-state index in [2.05, 4.69) is 15.5 Å². The highest BCUT2D eigenvalue weighted by Crippen LogP contribution is 2.25. The van der Waals surface area contributed by atoms with Gasteiger partial charge in [-0.2, -0.15) is 0 Å². The quantitative estimate of drug-likeness (QED) is 0.587. The highest BCUT2D eigenvalue weighted by Gasteiger charge is 2.28. The number of hydrogen-bond donors (Lipinski definition) is 3. The molecule has 33 heavy (non-hydrogen) atoms. The molecule has 2 amide bonds. The van der Waals surface area contributed by atoms with Crippen LogP contribution in [-0.4, -0.2) is 67.1 Å². The first-order valence-corrected chi connectivity index (χ1v) is 11.0. The Morgan fingerprint density at radius 3 is 2.64 bits per heavy atom. The van der Waals surface area contributed by atoms with E-state index in [4.69, 9.17) is 0 Å². The molecular weight excluding hydrogens is 427 g/mol. The number of carboxylic acids is 1. The van der Waals surface area contributed by atoms with Gasteiger partial charge in [0.1, 0.15) is 5.82 Å². The third-order valence-corrected chi connectivity index (χ3v) is 6.04. The Morgan fingerprint density at radius 1 is 1.12 bits per heavy atom. The summed E-state index contributed by atoms with van der Waals surface area (Å²) in [5, 5.41) is 15.2. The maximum absolute atomic E-state index is 13.6. The van der Waals surface area contributed by atoms with Crippen molar-refractivity contribution in [1.82, 2.24) is 15.5 Å². The van der Waals surface area contributed by atoms with E-state index in [0.29, 0.717) is 24.1 Å². The van der Waals surface area contributed by atoms with Gasteiger partial charge in [-0.1, -0.05) is 18.2 Å². The molecular formula is C24H27FN4O4. The monoisotopic (exact) mass is 454 g/mol. The summed E-state index contributed by atoms with van der Waals surface area (Å²) in [6, 6.07) is 10.5. The van der Waals surface area contributed by atoms with Crippen molar-refractivity contribution < 1.29 is 23.9 Å². The number of benzene rings is 2. The number of carbonyl (C=O) groups excluding carboxylic acids is 2. The molecule has 1 fully saturated rings. The highest BCUT2D eigenvalue weighted by molar-refractivity contribution is 5.99. The molecule has 0 bridgehead atoms. The van der Waals surface area contributed by atoms with Gasteiger partial charge in [-0.3, -0.25) is 14.4 Å². The Kier molecular flexibility index (Phi) is 6.88. The molecule has 1 unspecified atom stereocenters. The van der Waals surface area contributed by atoms with Crippen molar-refractivity contribution in [3.63, 3.8) is 0 Å². The normalized spacial score (nSPS) is 16.8. The van der Waals surface area contributed by atoms with E-state index in [0.717, 1.165) is 37.4 Å². The third-order valence-electron chi connectivity index (χ3n) is 6.04. The van der Waals surface area contributed by atoms with Gasteiger partial charge in [-0.25, -0.2) is 4.39 Å². The summed E-state index contributed by atoms with van der Waals surface area (Å²) in [7, 11) is 0. The van der Waals surface area contributed by atoms with Gasteiger partial charge < -0.3 is 25.5 Å². The molecule has 2 heterocycles. The minimum atomic E-state index is -1.12. The van der Waals surface area contributed by atoms with Crippen LogP contribution in [0, 0.1) is 5.82 Å². The fraction of sp³-hybridized carbons (Fsp3) is 0.375. The Bertz CT molecular complexity index is 1050. The zero-order valence-corrected chi connectivity index (χ0v) is 18.2. The summed E-state index contributed by atoms with van der Waals surface area (Å²) in [6.07, 6.45) is 0.249. The van der Waals surface area contributed by atoms with E-state index < -0.39 is 23.7 Å². The van der Waals surface area contributed by atoms with Crippen LogP contribution in [0.3, 0.4) is 0 Å². The Labute approximate surface area is 191 Å². The Morgan fingerprint density at radius 2 is 1.91 bits per heavy atom. The van der Waals surface area contributed by atoms with Crippen molar-refractivity contribution in [3.8, 4) is 0 Å². The van der Waals surface area contributed by atoms with Crippen LogP contribution >= 0.6 is 0 Å². The first-order valence-electron chi connectivity index (χ1n) is 11.0. The van der Waals surface area contributed by atoms with Crippen LogP contribution in [0.4, 0.5) is 10.1 Å². The molecule has 0 aliphatic carbocycles. The van der Waals surface area contributed by atoms with E-state index in [9.17, 15) is 23.9 Å². The molecule has 2 aromatic rings. The summed E-state index contributed by atoms with van der Waals surface area (Å²) in [4.78, 5) is 40.8. The van der Waals surface area contributed by atoms with Crippen LogP contribution < -0.4 is 15.5 Å². The van der Waals surface area contributed by atoms with Crippen molar-refractivity contribution in [2.24, 2.45) is 0 Å². The van der Waals surface area contributed by atoms with Crippen molar-refractivity contribution in [2.75, 3.05) is 44.2 Å². The smallest absolute Gasteiger partial charge is 0.305 e. The van der Waals surface area contributed by atoms with Crippen LogP contribution in [0.2, 0.25) is 0 Å². The molecule has 174 valence electrons. The van der Waals surface area contributed by atoms with Gasteiger partial charge in [0.15, 0.2) is 0 Å². The topological polar surface area (TPSA) is 102 Å². The lowest BCUT2D eigenvalue weighted by atomic mass is 9.97. The summed E-state index contributed by atoms with van der Waals surface area (Å²) in [5.74, 6) is -2.34. The van der Waals surface area contributed by atoms with E-state index in [1.54, 1.807) is 6.07 Å². The molecule has 2 aromatic carbocycles. The largest absolute Gasteiger partial charge is 0.481 e. The predicted octanol–water partition coefficient (Wildman–Crippen LogP) is 1.57. The molecule has 0 spiro atoms. The van der Waals surface area contributed by atoms with Gasteiger partial charge in [0.25, 0.3) is 5.91 Å². The molecule has 4 rings (SSSR count). The van der Waals surface area contributed by atoms with Crippen LogP contribution in [0.15, 0.2) is 42.5 Å². The molecule has 1 atom stereocenters. The maximum Gasteiger partial charge on any atom is 0.305 e. The third kappa shape index (κ3) is 5.48. The van der Waals surface area contributed by atoms with Gasteiger partial charge >= 0.3 is 5.97 Å². The maximum atomic E-state index is 13.6. The average Bonchev–Trinajstić information content (AvgIpc) is 2.80. The molecule has 3 N–H and O–H groups in total. The number of anilines is 1. The molecule has 9 heteroatoms. The zero-order valence-electron chi connectivity index (χ0n) is 18.2. The van der Waals surface area contributed by atoms with Crippen LogP contribution in [0.25, 0.3) is 0 Å². The van der Waals surface area contributed by atoms with Gasteiger partial charge in [0.05, 0.1) is 19.0 Å². The van der Waals surface area contributed by atoms with Gasteiger partial charge in [0, 0.05) is 44.0 Å². The molecule has 0 saturated carbocycles. The number of nitrogens with zero attached hydrogens (tertiary/aromatic N) is 2. The molecule has 8 nitrogen and oxygen atoms in total. The van der Waals surface area contributed by atoms with Crippen molar-refractivity contribution in [1.29, 1.82) is 0 Å². The second kappa shape index (κ2) is 9.99. The predicted molar refractivity (Wildman–Crippen MR) is 121 cm³/mol. The summed E-state index contributed by atoms with van der Waals surface area (Å²) >= 11 is 0. The highest BCUT2D eigenvalue weighted by atomic mass is 19.1. The van der Waals surface area contributed by atoms with Crippen molar-refractivity contribution in [2.45, 2.75) is 18.9 Å². The number of nitrogens with one attached hydrogen (secondary N) is 2. The SMILES string of the molecule is O=C(O)CC(NC(=O)CN1CCc2ccc(N3CCNCC3)cc2C1=O)c1cccc(F)c1. The molecule has 1 saturated heterocycles. The van der Waals surface area contributed by atoms with Gasteiger partial charge in [-0.15, -0.1) is 0 Å². The number of halogens is 1. The van der Waals surface area contributed by atoms with Crippen molar-refractivity contribution in [3.05, 3.63) is 65.0 Å². The van der Waals surface area contributed by atoms with Gasteiger partial charge in [-0.05, 0) is 41.8 Å². The Balaban J connectivity index is 1.45. The first kappa shape index (κ1) is 22.7. The fourth-order valence-corrected chi connectivity index (χ4v) is 4.34. The number of piperazine rings is 1. The van der Waals surface area contributed by atoms with Crippen LogP contribution in [0.5, 0.6) is 0 Å². The minimum absolute atomic E-state index is 0.193. The molecule has 2 aliphatic heterocycles. The summed E-state index contributed by atoms with van der Waals surface area (Å²) in [6.45, 7) is 3.71. The number of carboxylic acid groups (broad SMARTS) is 1. The van der Waals surface area contributed by atoms with Crippen molar-refractivity contribution >= 4 is 23.5 Å². The van der Waals surface area contributed by atoms with Gasteiger partial charge in [0.2, 0.25) is 5.91 Å². The van der Waals surface area contributed by atoms with E-state index in [1.807, 2.05) is 18.2 Å². The fourth-order valence-electron chi connectivity index (χ4n) is 4.34. The molecule has 2 aliphatic rings. The number of hydrogen-bond acceptors (Lipinski definition) is 5. The van der Waals surface area contributed by atoms with E-state index in [1.165, 1.54) is 23.1 Å². The molecule has 0 aromatic heterocycles. The zero-order chi connectivity index (χ0) is 23.4. The number of aliphatic carboxylic acids is 1.